The van der Waals surface area contributed by atoms with E-state index in [9.17, 15) is 9.90 Å². The molecular weight excluding hydrogens is 400 g/mol. The summed E-state index contributed by atoms with van der Waals surface area (Å²) in [7, 11) is 0. The van der Waals surface area contributed by atoms with Crippen LogP contribution in [0.25, 0.3) is 0 Å². The molecule has 4 aliphatic rings. The van der Waals surface area contributed by atoms with E-state index in [1.807, 2.05) is 13.8 Å². The number of aliphatic hydroxyl groups is 1. The summed E-state index contributed by atoms with van der Waals surface area (Å²) in [4.78, 5) is 11.4. The lowest BCUT2D eigenvalue weighted by atomic mass is 9.48. The molecule has 4 aliphatic carbocycles. The van der Waals surface area contributed by atoms with Crippen molar-refractivity contribution in [2.45, 2.75) is 104 Å². The molecular formula is C28H44O4. The minimum Gasteiger partial charge on any atom is -0.458 e. The molecule has 4 rings (SSSR count). The van der Waals surface area contributed by atoms with Crippen molar-refractivity contribution in [3.8, 4) is 0 Å². The van der Waals surface area contributed by atoms with Gasteiger partial charge in [-0.15, -0.1) is 0 Å². The van der Waals surface area contributed by atoms with E-state index >= 15 is 0 Å². The molecule has 0 spiro atoms. The zero-order chi connectivity index (χ0) is 23.3. The van der Waals surface area contributed by atoms with Gasteiger partial charge in [0, 0.05) is 25.4 Å². The molecule has 0 aliphatic heterocycles. The zero-order valence-electron chi connectivity index (χ0n) is 21.0. The van der Waals surface area contributed by atoms with Crippen molar-refractivity contribution in [1.29, 1.82) is 0 Å². The van der Waals surface area contributed by atoms with E-state index in [-0.39, 0.29) is 23.6 Å². The Morgan fingerprint density at radius 1 is 1.25 bits per heavy atom. The molecule has 0 radical (unpaired) electrons. The lowest BCUT2D eigenvalue weighted by Gasteiger charge is -2.57. The predicted molar refractivity (Wildman–Crippen MR) is 127 cm³/mol. The van der Waals surface area contributed by atoms with E-state index in [0.29, 0.717) is 30.3 Å². The summed E-state index contributed by atoms with van der Waals surface area (Å²) >= 11 is 0. The lowest BCUT2D eigenvalue weighted by Crippen LogP contribution is -2.50. The summed E-state index contributed by atoms with van der Waals surface area (Å²) in [6, 6.07) is 0. The van der Waals surface area contributed by atoms with Crippen molar-refractivity contribution in [2.75, 3.05) is 6.61 Å². The average molecular weight is 445 g/mol. The topological polar surface area (TPSA) is 55.8 Å². The summed E-state index contributed by atoms with van der Waals surface area (Å²) in [5, 5.41) is 10.0. The van der Waals surface area contributed by atoms with Crippen LogP contribution in [-0.2, 0) is 14.3 Å². The van der Waals surface area contributed by atoms with Gasteiger partial charge in [-0.1, -0.05) is 31.6 Å². The third-order valence-electron chi connectivity index (χ3n) is 9.67. The van der Waals surface area contributed by atoms with Crippen LogP contribution in [0.2, 0.25) is 0 Å². The maximum atomic E-state index is 11.4. The van der Waals surface area contributed by atoms with Crippen LogP contribution in [0.15, 0.2) is 23.8 Å². The molecule has 0 aromatic heterocycles. The number of ether oxygens (including phenoxy) is 2. The molecule has 1 N–H and O–H groups in total. The van der Waals surface area contributed by atoms with E-state index in [0.717, 1.165) is 24.7 Å². The molecule has 2 saturated carbocycles. The van der Waals surface area contributed by atoms with Crippen molar-refractivity contribution in [1.82, 2.24) is 0 Å². The van der Waals surface area contributed by atoms with Crippen LogP contribution in [0.3, 0.4) is 0 Å². The number of hydrogen-bond acceptors (Lipinski definition) is 4. The second-order valence-electron chi connectivity index (χ2n) is 12.2. The molecule has 0 heterocycles. The Kier molecular flexibility index (Phi) is 6.44. The van der Waals surface area contributed by atoms with Crippen LogP contribution < -0.4 is 0 Å². The van der Waals surface area contributed by atoms with Crippen LogP contribution in [0.4, 0.5) is 0 Å². The highest BCUT2D eigenvalue weighted by molar-refractivity contribution is 5.66. The second-order valence-corrected chi connectivity index (χ2v) is 12.2. The molecule has 180 valence electrons. The first kappa shape index (κ1) is 24.0. The molecule has 2 fully saturated rings. The number of fused-ring (bicyclic) bond motifs is 5. The average Bonchev–Trinajstić information content (AvgIpc) is 3.04. The molecule has 0 aromatic rings. The van der Waals surface area contributed by atoms with Gasteiger partial charge in [0.15, 0.2) is 0 Å². The molecule has 4 nitrogen and oxygen atoms in total. The highest BCUT2D eigenvalue weighted by Gasteiger charge is 2.59. The number of rotatable bonds is 6. The van der Waals surface area contributed by atoms with Crippen molar-refractivity contribution in [3.63, 3.8) is 0 Å². The Morgan fingerprint density at radius 3 is 2.69 bits per heavy atom. The van der Waals surface area contributed by atoms with Gasteiger partial charge in [-0.25, -0.2) is 0 Å². The Bertz CT molecular complexity index is 777. The quantitative estimate of drug-likeness (QED) is 0.413. The van der Waals surface area contributed by atoms with Gasteiger partial charge < -0.3 is 14.6 Å². The van der Waals surface area contributed by atoms with Crippen molar-refractivity contribution in [2.24, 2.45) is 34.5 Å². The number of allylic oxidation sites excluding steroid dienone is 2. The number of carbonyl (C=O) groups is 1. The maximum absolute atomic E-state index is 11.4. The number of esters is 1. The Balaban J connectivity index is 1.47. The summed E-state index contributed by atoms with van der Waals surface area (Å²) < 4.78 is 11.8. The molecule has 0 aromatic carbocycles. The molecule has 0 unspecified atom stereocenters. The maximum Gasteiger partial charge on any atom is 0.303 e. The molecule has 8 atom stereocenters. The van der Waals surface area contributed by atoms with Gasteiger partial charge in [0.05, 0.1) is 11.7 Å². The zero-order valence-corrected chi connectivity index (χ0v) is 21.0. The van der Waals surface area contributed by atoms with Gasteiger partial charge in [0.1, 0.15) is 6.10 Å². The Morgan fingerprint density at radius 2 is 2.00 bits per heavy atom. The largest absolute Gasteiger partial charge is 0.458 e. The van der Waals surface area contributed by atoms with Crippen LogP contribution in [0.1, 0.15) is 86.5 Å². The lowest BCUT2D eigenvalue weighted by molar-refractivity contribution is -0.144. The first-order valence-electron chi connectivity index (χ1n) is 12.8. The smallest absolute Gasteiger partial charge is 0.303 e. The van der Waals surface area contributed by atoms with Crippen LogP contribution in [0, 0.1) is 34.5 Å². The molecule has 0 saturated heterocycles. The predicted octanol–water partition coefficient (Wildman–Crippen LogP) is 5.84. The third kappa shape index (κ3) is 4.34. The van der Waals surface area contributed by atoms with Gasteiger partial charge in [-0.2, -0.15) is 0 Å². The van der Waals surface area contributed by atoms with Crippen LogP contribution >= 0.6 is 0 Å². The van der Waals surface area contributed by atoms with Gasteiger partial charge in [-0.3, -0.25) is 4.79 Å². The van der Waals surface area contributed by atoms with Gasteiger partial charge in [0.25, 0.3) is 0 Å². The van der Waals surface area contributed by atoms with E-state index < -0.39 is 5.60 Å². The normalized spacial score (nSPS) is 41.8. The summed E-state index contributed by atoms with van der Waals surface area (Å²) in [5.74, 6) is 2.57. The number of hydrogen-bond donors (Lipinski definition) is 1. The first-order valence-corrected chi connectivity index (χ1v) is 12.8. The van der Waals surface area contributed by atoms with Crippen molar-refractivity contribution >= 4 is 5.97 Å². The SMILES string of the molecule is CC(=O)O[C@H]1C=C[C@@]2(C)C(=CC[C@H]3[C@@H]4CC[C@H]([C@H](C)OCCC(C)(C)O)[C@@]4(C)CC[C@@H]32)C1. The monoisotopic (exact) mass is 444 g/mol. The molecule has 32 heavy (non-hydrogen) atoms. The van der Waals surface area contributed by atoms with E-state index in [1.165, 1.54) is 38.2 Å². The molecule has 4 heteroatoms. The van der Waals surface area contributed by atoms with Crippen LogP contribution in [0.5, 0.6) is 0 Å². The number of carbonyl (C=O) groups excluding carboxylic acids is 1. The van der Waals surface area contributed by atoms with Crippen LogP contribution in [-0.4, -0.2) is 35.5 Å². The van der Waals surface area contributed by atoms with E-state index in [1.54, 1.807) is 0 Å². The van der Waals surface area contributed by atoms with Crippen molar-refractivity contribution < 1.29 is 19.4 Å². The van der Waals surface area contributed by atoms with Gasteiger partial charge >= 0.3 is 5.97 Å². The van der Waals surface area contributed by atoms with Gasteiger partial charge in [-0.05, 0) is 94.5 Å². The molecule has 0 bridgehead atoms. The highest BCUT2D eigenvalue weighted by Crippen LogP contribution is 2.66. The third-order valence-corrected chi connectivity index (χ3v) is 9.67. The summed E-state index contributed by atoms with van der Waals surface area (Å²) in [6.45, 7) is 13.1. The minimum atomic E-state index is -0.663. The van der Waals surface area contributed by atoms with E-state index in [4.69, 9.17) is 9.47 Å². The van der Waals surface area contributed by atoms with E-state index in [2.05, 4.69) is 39.0 Å². The summed E-state index contributed by atoms with van der Waals surface area (Å²) in [5.41, 5.74) is 1.27. The fourth-order valence-electron chi connectivity index (χ4n) is 7.94. The Labute approximate surface area is 194 Å². The molecule has 0 amide bonds. The Hall–Kier alpha value is -1.13. The van der Waals surface area contributed by atoms with Gasteiger partial charge in [0.2, 0.25) is 0 Å². The fraction of sp³-hybridized carbons (Fsp3) is 0.821. The second kappa shape index (κ2) is 8.58. The fourth-order valence-corrected chi connectivity index (χ4v) is 7.94. The highest BCUT2D eigenvalue weighted by atomic mass is 16.5. The minimum absolute atomic E-state index is 0.102. The first-order chi connectivity index (χ1) is 14.9. The van der Waals surface area contributed by atoms with Crippen molar-refractivity contribution in [3.05, 3.63) is 23.8 Å². The standard InChI is InChI=1S/C28H44O4/c1-18(31-16-15-26(3,4)30)23-9-10-24-22-8-7-20-17-21(32-19(2)29)11-13-27(20,5)25(22)12-14-28(23,24)6/h7,11,13,18,21-25,30H,8-10,12,14-17H2,1-6H3/t18-,21-,22-,23+,24-,25-,27-,28+/m0/s1. The summed E-state index contributed by atoms with van der Waals surface area (Å²) in [6.07, 6.45) is 14.9.